The molecule has 1 atom stereocenters. The Balaban J connectivity index is 2.47. The van der Waals surface area contributed by atoms with E-state index in [0.717, 1.165) is 0 Å². The van der Waals surface area contributed by atoms with Gasteiger partial charge in [0, 0.05) is 13.1 Å². The monoisotopic (exact) mass is 251 g/mol. The number of benzene rings is 1. The molecule has 0 aliphatic rings. The largest absolute Gasteiger partial charge is 0.394 e. The summed E-state index contributed by atoms with van der Waals surface area (Å²) in [5.41, 5.74) is 2.85. The van der Waals surface area contributed by atoms with E-state index >= 15 is 0 Å². The van der Waals surface area contributed by atoms with Crippen molar-refractivity contribution in [1.82, 2.24) is 10.8 Å². The van der Waals surface area contributed by atoms with Gasteiger partial charge in [0.1, 0.15) is 0 Å². The summed E-state index contributed by atoms with van der Waals surface area (Å²) in [6.45, 7) is 1.72. The van der Waals surface area contributed by atoms with E-state index in [-0.39, 0.29) is 18.6 Å². The minimum Gasteiger partial charge on any atom is -0.394 e. The first-order valence-electron chi connectivity index (χ1n) is 5.53. The van der Waals surface area contributed by atoms with Gasteiger partial charge in [0.25, 0.3) is 0 Å². The maximum Gasteiger partial charge on any atom is 0.362 e. The zero-order valence-electron chi connectivity index (χ0n) is 10.4. The van der Waals surface area contributed by atoms with Crippen molar-refractivity contribution in [2.24, 2.45) is 4.99 Å². The van der Waals surface area contributed by atoms with Crippen LogP contribution >= 0.6 is 0 Å². The minimum absolute atomic E-state index is 0.0483. The lowest BCUT2D eigenvalue weighted by atomic mass is 10.2. The lowest BCUT2D eigenvalue weighted by Crippen LogP contribution is -2.44. The Morgan fingerprint density at radius 3 is 2.67 bits per heavy atom. The highest BCUT2D eigenvalue weighted by atomic mass is 16.7. The lowest BCUT2D eigenvalue weighted by Gasteiger charge is -2.15. The summed E-state index contributed by atoms with van der Waals surface area (Å²) < 4.78 is 0. The summed E-state index contributed by atoms with van der Waals surface area (Å²) in [6, 6.07) is 8.42. The molecule has 6 heteroatoms. The number of rotatable bonds is 3. The first kappa shape index (κ1) is 14.0. The molecule has 6 nitrogen and oxygen atoms in total. The first-order chi connectivity index (χ1) is 8.67. The molecule has 0 aromatic heterocycles. The molecule has 1 rings (SSSR count). The molecule has 0 saturated carbocycles. The molecule has 0 aliphatic carbocycles. The van der Waals surface area contributed by atoms with E-state index in [0.29, 0.717) is 5.56 Å². The highest BCUT2D eigenvalue weighted by Gasteiger charge is 2.09. The number of aliphatic hydroxyl groups excluding tert-OH is 1. The van der Waals surface area contributed by atoms with Gasteiger partial charge >= 0.3 is 5.97 Å². The number of nitrogens with one attached hydrogen (secondary N) is 2. The van der Waals surface area contributed by atoms with Crippen LogP contribution < -0.4 is 10.8 Å². The van der Waals surface area contributed by atoms with Crippen molar-refractivity contribution in [2.45, 2.75) is 13.0 Å². The summed E-state index contributed by atoms with van der Waals surface area (Å²) in [4.78, 5) is 20.3. The van der Waals surface area contributed by atoms with Gasteiger partial charge in [-0.25, -0.2) is 4.79 Å². The Hall–Kier alpha value is -2.08. The second-order valence-corrected chi connectivity index (χ2v) is 3.66. The van der Waals surface area contributed by atoms with Gasteiger partial charge in [-0.1, -0.05) is 18.2 Å². The average molecular weight is 251 g/mol. The van der Waals surface area contributed by atoms with E-state index in [4.69, 9.17) is 9.94 Å². The number of hydroxylamine groups is 1. The van der Waals surface area contributed by atoms with Crippen LogP contribution in [0.3, 0.4) is 0 Å². The first-order valence-corrected chi connectivity index (χ1v) is 5.53. The van der Waals surface area contributed by atoms with Gasteiger partial charge in [0.05, 0.1) is 12.2 Å². The predicted molar refractivity (Wildman–Crippen MR) is 68.0 cm³/mol. The normalized spacial score (nSPS) is 12.7. The van der Waals surface area contributed by atoms with E-state index in [1.165, 1.54) is 7.05 Å². The number of hydrogen-bond donors (Lipinski definition) is 3. The molecule has 18 heavy (non-hydrogen) atoms. The third kappa shape index (κ3) is 4.42. The predicted octanol–water partition coefficient (Wildman–Crippen LogP) is 0.304. The SMILES string of the molecule is CN=C(NOC(=O)c1ccccc1)N[C@H](C)CO. The van der Waals surface area contributed by atoms with E-state index < -0.39 is 5.97 Å². The Morgan fingerprint density at radius 2 is 2.11 bits per heavy atom. The second kappa shape index (κ2) is 7.29. The van der Waals surface area contributed by atoms with Gasteiger partial charge in [0.15, 0.2) is 0 Å². The van der Waals surface area contributed by atoms with Crippen LogP contribution in [0.25, 0.3) is 0 Å². The molecule has 0 unspecified atom stereocenters. The van der Waals surface area contributed by atoms with Crippen molar-refractivity contribution in [1.29, 1.82) is 0 Å². The van der Waals surface area contributed by atoms with Crippen LogP contribution in [0.15, 0.2) is 35.3 Å². The van der Waals surface area contributed by atoms with Gasteiger partial charge in [-0.3, -0.25) is 4.99 Å². The number of aliphatic imine (C=N–C) groups is 1. The summed E-state index contributed by atoms with van der Waals surface area (Å²) in [7, 11) is 1.54. The summed E-state index contributed by atoms with van der Waals surface area (Å²) in [6.07, 6.45) is 0. The summed E-state index contributed by atoms with van der Waals surface area (Å²) >= 11 is 0. The lowest BCUT2D eigenvalue weighted by molar-refractivity contribution is 0.0378. The fraction of sp³-hybridized carbons (Fsp3) is 0.333. The van der Waals surface area contributed by atoms with Crippen molar-refractivity contribution in [2.75, 3.05) is 13.7 Å². The Kier molecular flexibility index (Phi) is 5.66. The molecular weight excluding hydrogens is 234 g/mol. The molecule has 0 heterocycles. The van der Waals surface area contributed by atoms with Crippen LogP contribution in [-0.4, -0.2) is 36.7 Å². The third-order valence-corrected chi connectivity index (χ3v) is 2.13. The minimum atomic E-state index is -0.504. The second-order valence-electron chi connectivity index (χ2n) is 3.66. The van der Waals surface area contributed by atoms with E-state index in [9.17, 15) is 4.79 Å². The molecule has 1 aromatic carbocycles. The third-order valence-electron chi connectivity index (χ3n) is 2.13. The Labute approximate surface area is 106 Å². The maximum atomic E-state index is 11.6. The molecule has 0 aliphatic heterocycles. The zero-order chi connectivity index (χ0) is 13.4. The van der Waals surface area contributed by atoms with Crippen molar-refractivity contribution in [3.63, 3.8) is 0 Å². The van der Waals surface area contributed by atoms with Gasteiger partial charge in [-0.05, 0) is 19.1 Å². The van der Waals surface area contributed by atoms with Crippen molar-refractivity contribution >= 4 is 11.9 Å². The van der Waals surface area contributed by atoms with Gasteiger partial charge in [-0.2, -0.15) is 5.48 Å². The molecule has 3 N–H and O–H groups in total. The van der Waals surface area contributed by atoms with Crippen LogP contribution in [0.2, 0.25) is 0 Å². The topological polar surface area (TPSA) is 83.0 Å². The van der Waals surface area contributed by atoms with Crippen molar-refractivity contribution < 1.29 is 14.7 Å². The summed E-state index contributed by atoms with van der Waals surface area (Å²) in [5, 5.41) is 11.7. The van der Waals surface area contributed by atoms with Gasteiger partial charge in [0.2, 0.25) is 5.96 Å². The van der Waals surface area contributed by atoms with Gasteiger partial charge in [-0.15, -0.1) is 0 Å². The maximum absolute atomic E-state index is 11.6. The molecule has 1 aromatic rings. The van der Waals surface area contributed by atoms with E-state index in [1.54, 1.807) is 31.2 Å². The van der Waals surface area contributed by atoms with Crippen LogP contribution in [0, 0.1) is 0 Å². The number of carbonyl (C=O) groups excluding carboxylic acids is 1. The van der Waals surface area contributed by atoms with Crippen molar-refractivity contribution in [3.8, 4) is 0 Å². The number of aliphatic hydroxyl groups is 1. The molecule has 0 saturated heterocycles. The molecule has 98 valence electrons. The number of guanidine groups is 1. The molecule has 0 fully saturated rings. The van der Waals surface area contributed by atoms with Crippen LogP contribution in [0.4, 0.5) is 0 Å². The van der Waals surface area contributed by atoms with Crippen LogP contribution in [-0.2, 0) is 4.84 Å². The molecule has 0 radical (unpaired) electrons. The quantitative estimate of drug-likeness (QED) is 0.409. The standard InChI is InChI=1S/C12H17N3O3/c1-9(8-16)14-12(13-2)15-18-11(17)10-6-4-3-5-7-10/h3-7,9,16H,8H2,1-2H3,(H2,13,14,15)/t9-/m1/s1. The Bertz CT molecular complexity index is 406. The van der Waals surface area contributed by atoms with E-state index in [2.05, 4.69) is 15.8 Å². The molecule has 0 bridgehead atoms. The molecule has 0 spiro atoms. The summed E-state index contributed by atoms with van der Waals surface area (Å²) in [5.74, 6) is -0.226. The van der Waals surface area contributed by atoms with Crippen molar-refractivity contribution in [3.05, 3.63) is 35.9 Å². The van der Waals surface area contributed by atoms with Gasteiger partial charge < -0.3 is 15.3 Å². The number of hydrogen-bond acceptors (Lipinski definition) is 4. The molecule has 0 amide bonds. The fourth-order valence-corrected chi connectivity index (χ4v) is 1.15. The Morgan fingerprint density at radius 1 is 1.44 bits per heavy atom. The smallest absolute Gasteiger partial charge is 0.362 e. The van der Waals surface area contributed by atoms with E-state index in [1.807, 2.05) is 6.07 Å². The van der Waals surface area contributed by atoms with Crippen LogP contribution in [0.1, 0.15) is 17.3 Å². The highest BCUT2D eigenvalue weighted by molar-refractivity contribution is 5.90. The number of nitrogens with zero attached hydrogens (tertiary/aromatic N) is 1. The highest BCUT2D eigenvalue weighted by Crippen LogP contribution is 1.99. The molecular formula is C12H17N3O3. The number of carbonyl (C=O) groups is 1. The van der Waals surface area contributed by atoms with Crippen LogP contribution in [0.5, 0.6) is 0 Å². The average Bonchev–Trinajstić information content (AvgIpc) is 2.43. The zero-order valence-corrected chi connectivity index (χ0v) is 10.4. The fourth-order valence-electron chi connectivity index (χ4n) is 1.15.